The number of hydrogen-bond donors (Lipinski definition) is 2. The van der Waals surface area contributed by atoms with Crippen molar-refractivity contribution in [2.24, 2.45) is 5.92 Å². The monoisotopic (exact) mass is 290 g/mol. The smallest absolute Gasteiger partial charge is 0.227 e. The lowest BCUT2D eigenvalue weighted by Crippen LogP contribution is -2.34. The van der Waals surface area contributed by atoms with E-state index < -0.39 is 0 Å². The van der Waals surface area contributed by atoms with E-state index in [2.05, 4.69) is 37.5 Å². The zero-order chi connectivity index (χ0) is 15.5. The van der Waals surface area contributed by atoms with Crippen LogP contribution >= 0.6 is 0 Å². The van der Waals surface area contributed by atoms with Crippen LogP contribution < -0.4 is 15.4 Å². The number of methoxy groups -OCH3 is 1. The number of nitrogens with one attached hydrogen (secondary N) is 2. The number of ether oxygens (including phenoxy) is 1. The van der Waals surface area contributed by atoms with Crippen molar-refractivity contribution < 1.29 is 9.53 Å². The van der Waals surface area contributed by atoms with Crippen molar-refractivity contribution in [1.29, 1.82) is 0 Å². The van der Waals surface area contributed by atoms with E-state index in [-0.39, 0.29) is 17.2 Å². The number of rotatable bonds is 3. The van der Waals surface area contributed by atoms with Crippen LogP contribution in [0.1, 0.15) is 39.2 Å². The molecule has 0 spiro atoms. The molecule has 1 fully saturated rings. The maximum absolute atomic E-state index is 12.4. The first-order valence-corrected chi connectivity index (χ1v) is 7.62. The fourth-order valence-corrected chi connectivity index (χ4v) is 2.59. The first-order valence-electron chi connectivity index (χ1n) is 7.62. The Kier molecular flexibility index (Phi) is 4.88. The van der Waals surface area contributed by atoms with Crippen molar-refractivity contribution in [3.05, 3.63) is 23.8 Å². The average molecular weight is 290 g/mol. The van der Waals surface area contributed by atoms with Gasteiger partial charge in [-0.3, -0.25) is 4.79 Å². The quantitative estimate of drug-likeness (QED) is 0.900. The van der Waals surface area contributed by atoms with Gasteiger partial charge in [0, 0.05) is 5.92 Å². The molecule has 116 valence electrons. The van der Waals surface area contributed by atoms with Crippen LogP contribution in [-0.2, 0) is 10.2 Å². The fraction of sp³-hybridized carbons (Fsp3) is 0.588. The molecule has 2 N–H and O–H groups in total. The summed E-state index contributed by atoms with van der Waals surface area (Å²) in [6.07, 6.45) is 1.79. The van der Waals surface area contributed by atoms with Crippen LogP contribution in [0.5, 0.6) is 5.75 Å². The highest BCUT2D eigenvalue weighted by Gasteiger charge is 2.23. The average Bonchev–Trinajstić information content (AvgIpc) is 2.47. The summed E-state index contributed by atoms with van der Waals surface area (Å²) in [6.45, 7) is 8.31. The first kappa shape index (κ1) is 15.8. The second-order valence-electron chi connectivity index (χ2n) is 6.68. The molecule has 0 aliphatic carbocycles. The Hall–Kier alpha value is -1.55. The van der Waals surface area contributed by atoms with Crippen molar-refractivity contribution in [3.8, 4) is 5.75 Å². The van der Waals surface area contributed by atoms with Crippen LogP contribution in [0.2, 0.25) is 0 Å². The number of carbonyl (C=O) groups excluding carboxylic acids is 1. The van der Waals surface area contributed by atoms with E-state index in [0.717, 1.165) is 31.6 Å². The van der Waals surface area contributed by atoms with Crippen molar-refractivity contribution in [2.45, 2.75) is 39.0 Å². The van der Waals surface area contributed by atoms with E-state index in [4.69, 9.17) is 4.74 Å². The molecular weight excluding hydrogens is 264 g/mol. The predicted molar refractivity (Wildman–Crippen MR) is 85.9 cm³/mol. The number of piperidine rings is 1. The van der Waals surface area contributed by atoms with E-state index in [1.807, 2.05) is 12.1 Å². The van der Waals surface area contributed by atoms with Crippen LogP contribution in [0.3, 0.4) is 0 Å². The van der Waals surface area contributed by atoms with Crippen LogP contribution in [0.4, 0.5) is 5.69 Å². The largest absolute Gasteiger partial charge is 0.495 e. The molecule has 0 bridgehead atoms. The lowest BCUT2D eigenvalue weighted by Gasteiger charge is -2.24. The van der Waals surface area contributed by atoms with Gasteiger partial charge in [-0.15, -0.1) is 0 Å². The summed E-state index contributed by atoms with van der Waals surface area (Å²) in [6, 6.07) is 6.01. The molecule has 0 aromatic heterocycles. The predicted octanol–water partition coefficient (Wildman–Crippen LogP) is 2.93. The van der Waals surface area contributed by atoms with E-state index in [1.165, 1.54) is 5.56 Å². The number of anilines is 1. The number of amides is 1. The Morgan fingerprint density at radius 3 is 2.52 bits per heavy atom. The van der Waals surface area contributed by atoms with E-state index in [1.54, 1.807) is 7.11 Å². The highest BCUT2D eigenvalue weighted by molar-refractivity contribution is 5.94. The van der Waals surface area contributed by atoms with Crippen molar-refractivity contribution in [2.75, 3.05) is 25.5 Å². The highest BCUT2D eigenvalue weighted by atomic mass is 16.5. The third-order valence-corrected chi connectivity index (χ3v) is 4.03. The standard InChI is InChI=1S/C17H26N2O2/c1-17(2,3)13-5-6-15(21-4)14(11-13)19-16(20)12-7-9-18-10-8-12/h5-6,11-12,18H,7-10H2,1-4H3,(H,19,20). The topological polar surface area (TPSA) is 50.4 Å². The lowest BCUT2D eigenvalue weighted by atomic mass is 9.86. The molecular formula is C17H26N2O2. The molecule has 2 rings (SSSR count). The van der Waals surface area contributed by atoms with Gasteiger partial charge in [0.1, 0.15) is 5.75 Å². The molecule has 1 aliphatic rings. The van der Waals surface area contributed by atoms with Gasteiger partial charge < -0.3 is 15.4 Å². The van der Waals surface area contributed by atoms with E-state index >= 15 is 0 Å². The first-order chi connectivity index (χ1) is 9.91. The van der Waals surface area contributed by atoms with Gasteiger partial charge in [0.05, 0.1) is 12.8 Å². The summed E-state index contributed by atoms with van der Waals surface area (Å²) in [5, 5.41) is 6.33. The summed E-state index contributed by atoms with van der Waals surface area (Å²) in [5.74, 6) is 0.903. The second kappa shape index (κ2) is 6.48. The third kappa shape index (κ3) is 3.97. The minimum absolute atomic E-state index is 0.0422. The summed E-state index contributed by atoms with van der Waals surface area (Å²) >= 11 is 0. The highest BCUT2D eigenvalue weighted by Crippen LogP contribution is 2.32. The normalized spacial score (nSPS) is 16.6. The summed E-state index contributed by atoms with van der Waals surface area (Å²) < 4.78 is 5.37. The Morgan fingerprint density at radius 2 is 1.95 bits per heavy atom. The molecule has 21 heavy (non-hydrogen) atoms. The Balaban J connectivity index is 2.18. The lowest BCUT2D eigenvalue weighted by molar-refractivity contribution is -0.120. The zero-order valence-electron chi connectivity index (χ0n) is 13.5. The van der Waals surface area contributed by atoms with Crippen LogP contribution in [0.25, 0.3) is 0 Å². The van der Waals surface area contributed by atoms with Gasteiger partial charge in [-0.05, 0) is 49.0 Å². The molecule has 1 heterocycles. The van der Waals surface area contributed by atoms with Crippen molar-refractivity contribution >= 4 is 11.6 Å². The van der Waals surface area contributed by atoms with Gasteiger partial charge in [0.2, 0.25) is 5.91 Å². The van der Waals surface area contributed by atoms with Gasteiger partial charge in [0.15, 0.2) is 0 Å². The Bertz CT molecular complexity index is 500. The molecule has 1 aromatic rings. The molecule has 1 aromatic carbocycles. The zero-order valence-corrected chi connectivity index (χ0v) is 13.5. The van der Waals surface area contributed by atoms with Crippen LogP contribution in [0, 0.1) is 5.92 Å². The van der Waals surface area contributed by atoms with E-state index in [9.17, 15) is 4.79 Å². The number of carbonyl (C=O) groups is 1. The molecule has 1 aliphatic heterocycles. The maximum atomic E-state index is 12.4. The van der Waals surface area contributed by atoms with Gasteiger partial charge >= 0.3 is 0 Å². The second-order valence-corrected chi connectivity index (χ2v) is 6.68. The summed E-state index contributed by atoms with van der Waals surface area (Å²) in [4.78, 5) is 12.4. The minimum atomic E-state index is 0.0422. The Morgan fingerprint density at radius 1 is 1.29 bits per heavy atom. The number of benzene rings is 1. The van der Waals surface area contributed by atoms with Gasteiger partial charge in [0.25, 0.3) is 0 Å². The van der Waals surface area contributed by atoms with Gasteiger partial charge in [-0.1, -0.05) is 26.8 Å². The minimum Gasteiger partial charge on any atom is -0.495 e. The summed E-state index contributed by atoms with van der Waals surface area (Å²) in [5.41, 5.74) is 2.00. The van der Waals surface area contributed by atoms with Crippen LogP contribution in [-0.4, -0.2) is 26.1 Å². The van der Waals surface area contributed by atoms with E-state index in [0.29, 0.717) is 5.75 Å². The molecule has 0 saturated carbocycles. The molecule has 0 atom stereocenters. The molecule has 0 radical (unpaired) electrons. The maximum Gasteiger partial charge on any atom is 0.227 e. The summed E-state index contributed by atoms with van der Waals surface area (Å²) in [7, 11) is 1.63. The number of hydrogen-bond acceptors (Lipinski definition) is 3. The fourth-order valence-electron chi connectivity index (χ4n) is 2.59. The SMILES string of the molecule is COc1ccc(C(C)(C)C)cc1NC(=O)C1CCNCC1. The van der Waals surface area contributed by atoms with Gasteiger partial charge in [-0.2, -0.15) is 0 Å². The molecule has 4 nitrogen and oxygen atoms in total. The Labute approximate surface area is 127 Å². The van der Waals surface area contributed by atoms with Gasteiger partial charge in [-0.25, -0.2) is 0 Å². The van der Waals surface area contributed by atoms with Crippen molar-refractivity contribution in [1.82, 2.24) is 5.32 Å². The van der Waals surface area contributed by atoms with Crippen LogP contribution in [0.15, 0.2) is 18.2 Å². The van der Waals surface area contributed by atoms with Crippen molar-refractivity contribution in [3.63, 3.8) is 0 Å². The molecule has 1 saturated heterocycles. The molecule has 4 heteroatoms. The molecule has 1 amide bonds. The third-order valence-electron chi connectivity index (χ3n) is 4.03. The molecule has 0 unspecified atom stereocenters.